The van der Waals surface area contributed by atoms with Gasteiger partial charge >= 0.3 is 6.01 Å². The van der Waals surface area contributed by atoms with E-state index in [4.69, 9.17) is 27.6 Å². The lowest BCUT2D eigenvalue weighted by Crippen LogP contribution is -2.05. The lowest BCUT2D eigenvalue weighted by molar-refractivity contribution is 0.621. The van der Waals surface area contributed by atoms with E-state index >= 15 is 0 Å². The number of nitrogens with one attached hydrogen (secondary N) is 1. The van der Waals surface area contributed by atoms with E-state index in [0.29, 0.717) is 33.3 Å². The minimum Gasteiger partial charge on any atom is -0.423 e. The fraction of sp³-hybridized carbons (Fsp3) is 0.0625. The molecule has 4 rings (SSSR count). The summed E-state index contributed by atoms with van der Waals surface area (Å²) in [4.78, 5) is 8.65. The number of halogens is 2. The van der Waals surface area contributed by atoms with E-state index in [1.54, 1.807) is 10.7 Å². The van der Waals surface area contributed by atoms with Gasteiger partial charge in [-0.3, -0.25) is 5.32 Å². The lowest BCUT2D eigenvalue weighted by atomic mass is 10.3. The molecule has 0 saturated heterocycles. The van der Waals surface area contributed by atoms with Crippen LogP contribution in [0.3, 0.4) is 0 Å². The Kier molecular flexibility index (Phi) is 3.63. The van der Waals surface area contributed by atoms with Crippen LogP contribution in [0.2, 0.25) is 10.0 Å². The summed E-state index contributed by atoms with van der Waals surface area (Å²) < 4.78 is 7.27. The number of benzene rings is 1. The van der Waals surface area contributed by atoms with Crippen LogP contribution in [0.1, 0.15) is 5.69 Å². The van der Waals surface area contributed by atoms with Crippen LogP contribution >= 0.6 is 23.2 Å². The number of anilines is 2. The number of nitrogens with zero attached hydrogens (tertiary/aromatic N) is 4. The molecule has 1 aromatic carbocycles. The Hall–Kier alpha value is -2.57. The molecule has 0 saturated carbocycles. The Balaban J connectivity index is 1.76. The molecule has 8 heteroatoms. The molecule has 1 N–H and O–H groups in total. The van der Waals surface area contributed by atoms with E-state index in [-0.39, 0.29) is 0 Å². The molecule has 0 radical (unpaired) electrons. The molecule has 0 spiro atoms. The highest BCUT2D eigenvalue weighted by Gasteiger charge is 2.15. The normalized spacial score (nSPS) is 11.1. The quantitative estimate of drug-likeness (QED) is 0.570. The lowest BCUT2D eigenvalue weighted by Gasteiger charge is -2.08. The van der Waals surface area contributed by atoms with Crippen molar-refractivity contribution in [3.05, 3.63) is 58.3 Å². The summed E-state index contributed by atoms with van der Waals surface area (Å²) in [7, 11) is 0. The number of hydrogen-bond acceptors (Lipinski definition) is 5. The number of pyridine rings is 1. The van der Waals surface area contributed by atoms with Gasteiger partial charge in [0, 0.05) is 12.3 Å². The molecule has 0 amide bonds. The Bertz CT molecular complexity index is 1010. The molecule has 0 aliphatic rings. The second kappa shape index (κ2) is 5.81. The number of fused-ring (bicyclic) bond motifs is 1. The van der Waals surface area contributed by atoms with Crippen LogP contribution in [-0.4, -0.2) is 19.7 Å². The van der Waals surface area contributed by atoms with Crippen molar-refractivity contribution in [2.45, 2.75) is 6.92 Å². The molecule has 24 heavy (non-hydrogen) atoms. The van der Waals surface area contributed by atoms with Crippen molar-refractivity contribution in [3.8, 4) is 5.82 Å². The molecular formula is C16H11Cl2N5O. The van der Waals surface area contributed by atoms with Gasteiger partial charge in [0.15, 0.2) is 11.4 Å². The maximum atomic E-state index is 6.24. The van der Waals surface area contributed by atoms with Crippen molar-refractivity contribution < 1.29 is 4.42 Å². The van der Waals surface area contributed by atoms with E-state index in [9.17, 15) is 0 Å². The second-order valence-corrected chi connectivity index (χ2v) is 6.00. The summed E-state index contributed by atoms with van der Waals surface area (Å²) in [6, 6.07) is 11.4. The third kappa shape index (κ3) is 2.70. The van der Waals surface area contributed by atoms with Gasteiger partial charge in [-0.2, -0.15) is 14.8 Å². The number of para-hydroxylation sites is 2. The van der Waals surface area contributed by atoms with E-state index in [1.807, 2.05) is 37.3 Å². The van der Waals surface area contributed by atoms with Crippen LogP contribution < -0.4 is 5.32 Å². The van der Waals surface area contributed by atoms with E-state index in [0.717, 1.165) is 11.2 Å². The maximum absolute atomic E-state index is 6.24. The largest absolute Gasteiger partial charge is 0.423 e. The predicted octanol–water partition coefficient (Wildman–Crippen LogP) is 4.77. The zero-order chi connectivity index (χ0) is 16.7. The van der Waals surface area contributed by atoms with E-state index in [2.05, 4.69) is 20.4 Å². The molecule has 0 fully saturated rings. The van der Waals surface area contributed by atoms with Crippen molar-refractivity contribution in [2.24, 2.45) is 0 Å². The highest BCUT2D eigenvalue weighted by molar-refractivity contribution is 6.35. The first-order valence-electron chi connectivity index (χ1n) is 7.11. The Morgan fingerprint density at radius 1 is 1.17 bits per heavy atom. The Morgan fingerprint density at radius 3 is 2.79 bits per heavy atom. The second-order valence-electron chi connectivity index (χ2n) is 5.15. The zero-order valence-corrected chi connectivity index (χ0v) is 14.0. The van der Waals surface area contributed by atoms with E-state index in [1.165, 1.54) is 6.20 Å². The maximum Gasteiger partial charge on any atom is 0.301 e. The molecule has 0 aliphatic heterocycles. The Morgan fingerprint density at radius 2 is 2.00 bits per heavy atom. The van der Waals surface area contributed by atoms with Crippen molar-refractivity contribution in [1.82, 2.24) is 19.7 Å². The molecular weight excluding hydrogens is 349 g/mol. The Labute approximate surface area is 147 Å². The van der Waals surface area contributed by atoms with Gasteiger partial charge in [0.2, 0.25) is 0 Å². The smallest absolute Gasteiger partial charge is 0.301 e. The third-order valence-corrected chi connectivity index (χ3v) is 3.83. The van der Waals surface area contributed by atoms with Gasteiger partial charge in [-0.05, 0) is 25.1 Å². The first kappa shape index (κ1) is 15.0. The van der Waals surface area contributed by atoms with Gasteiger partial charge < -0.3 is 4.42 Å². The SMILES string of the molecule is Cc1cc(Nc2nc3ccccc3o2)n(-c2ncc(Cl)cc2Cl)n1. The van der Waals surface area contributed by atoms with Crippen molar-refractivity contribution in [2.75, 3.05) is 5.32 Å². The summed E-state index contributed by atoms with van der Waals surface area (Å²) in [5, 5.41) is 8.38. The van der Waals surface area contributed by atoms with Crippen LogP contribution in [0, 0.1) is 6.92 Å². The van der Waals surface area contributed by atoms with Crippen LogP contribution in [0.25, 0.3) is 16.9 Å². The monoisotopic (exact) mass is 359 g/mol. The van der Waals surface area contributed by atoms with E-state index < -0.39 is 0 Å². The summed E-state index contributed by atoms with van der Waals surface area (Å²) in [5.41, 5.74) is 2.26. The topological polar surface area (TPSA) is 68.8 Å². The molecule has 120 valence electrons. The molecule has 0 aliphatic carbocycles. The number of aromatic nitrogens is 4. The molecule has 3 aromatic heterocycles. The van der Waals surface area contributed by atoms with Crippen LogP contribution in [-0.2, 0) is 0 Å². The fourth-order valence-corrected chi connectivity index (χ4v) is 2.81. The summed E-state index contributed by atoms with van der Waals surface area (Å²) in [6.07, 6.45) is 1.52. The van der Waals surface area contributed by atoms with Crippen molar-refractivity contribution >= 4 is 46.1 Å². The van der Waals surface area contributed by atoms with Crippen molar-refractivity contribution in [1.29, 1.82) is 0 Å². The first-order valence-corrected chi connectivity index (χ1v) is 7.86. The number of rotatable bonds is 3. The van der Waals surface area contributed by atoms with Gasteiger partial charge in [0.05, 0.1) is 15.7 Å². The van der Waals surface area contributed by atoms with Crippen molar-refractivity contribution in [3.63, 3.8) is 0 Å². The molecule has 0 bridgehead atoms. The predicted molar refractivity (Wildman–Crippen MR) is 93.4 cm³/mol. The van der Waals surface area contributed by atoms with Crippen LogP contribution in [0.15, 0.2) is 47.0 Å². The number of hydrogen-bond donors (Lipinski definition) is 1. The van der Waals surface area contributed by atoms with Gasteiger partial charge in [0.25, 0.3) is 0 Å². The minimum atomic E-state index is 0.363. The molecule has 3 heterocycles. The average molecular weight is 360 g/mol. The standard InChI is InChI=1S/C16H11Cl2N5O/c1-9-6-14(21-16-20-12-4-2-3-5-13(12)24-16)23(22-9)15-11(18)7-10(17)8-19-15/h2-8H,1H3,(H,20,21). The van der Waals surface area contributed by atoms with Crippen LogP contribution in [0.5, 0.6) is 0 Å². The molecule has 0 atom stereocenters. The van der Waals surface area contributed by atoms with Gasteiger partial charge in [-0.15, -0.1) is 0 Å². The number of aryl methyl sites for hydroxylation is 1. The highest BCUT2D eigenvalue weighted by Crippen LogP contribution is 2.27. The third-order valence-electron chi connectivity index (χ3n) is 3.35. The summed E-state index contributed by atoms with van der Waals surface area (Å²) >= 11 is 12.1. The summed E-state index contributed by atoms with van der Waals surface area (Å²) in [6.45, 7) is 1.87. The highest BCUT2D eigenvalue weighted by atomic mass is 35.5. The van der Waals surface area contributed by atoms with Crippen LogP contribution in [0.4, 0.5) is 11.8 Å². The minimum absolute atomic E-state index is 0.363. The molecule has 6 nitrogen and oxygen atoms in total. The zero-order valence-electron chi connectivity index (χ0n) is 12.5. The summed E-state index contributed by atoms with van der Waals surface area (Å²) in [5.74, 6) is 1.10. The molecule has 0 unspecified atom stereocenters. The molecule has 4 aromatic rings. The average Bonchev–Trinajstić information content (AvgIpc) is 3.10. The van der Waals surface area contributed by atoms with Gasteiger partial charge in [-0.25, -0.2) is 4.98 Å². The first-order chi connectivity index (χ1) is 11.6. The van der Waals surface area contributed by atoms with Gasteiger partial charge in [-0.1, -0.05) is 35.3 Å². The fourth-order valence-electron chi connectivity index (χ4n) is 2.35. The number of oxazole rings is 1. The van der Waals surface area contributed by atoms with Gasteiger partial charge in [0.1, 0.15) is 11.3 Å².